The minimum atomic E-state index is -0.345. The van der Waals surface area contributed by atoms with Crippen LogP contribution in [-0.4, -0.2) is 24.5 Å². The summed E-state index contributed by atoms with van der Waals surface area (Å²) in [7, 11) is 1.89. The lowest BCUT2D eigenvalue weighted by atomic mass is 9.92. The van der Waals surface area contributed by atoms with Gasteiger partial charge in [0, 0.05) is 24.4 Å². The molecule has 3 heteroatoms. The Morgan fingerprint density at radius 2 is 2.00 bits per heavy atom. The highest BCUT2D eigenvalue weighted by molar-refractivity contribution is 5.81. The van der Waals surface area contributed by atoms with Crippen molar-refractivity contribution in [1.29, 1.82) is 0 Å². The van der Waals surface area contributed by atoms with Gasteiger partial charge in [0.25, 0.3) is 0 Å². The first-order valence-corrected chi connectivity index (χ1v) is 6.40. The van der Waals surface area contributed by atoms with Gasteiger partial charge in [-0.3, -0.25) is 4.79 Å². The number of para-hydroxylation sites is 1. The summed E-state index contributed by atoms with van der Waals surface area (Å²) in [6.07, 6.45) is 0.856. The Labute approximate surface area is 109 Å². The monoisotopic (exact) mass is 247 g/mol. The number of amides is 1. The fourth-order valence-electron chi connectivity index (χ4n) is 2.40. The summed E-state index contributed by atoms with van der Waals surface area (Å²) in [6.45, 7) is 6.54. The number of nitrogens with zero attached hydrogens (tertiary/aromatic N) is 1. The molecule has 0 spiro atoms. The van der Waals surface area contributed by atoms with Crippen LogP contribution >= 0.6 is 0 Å². The molecule has 0 fully saturated rings. The fraction of sp³-hybridized carbons (Fsp3) is 0.533. The molecule has 0 saturated carbocycles. The van der Waals surface area contributed by atoms with Crippen molar-refractivity contribution in [2.24, 2.45) is 5.41 Å². The maximum absolute atomic E-state index is 12.4. The maximum atomic E-state index is 12.4. The predicted octanol–water partition coefficient (Wildman–Crippen LogP) is 3.01. The number of hydrogen-bond acceptors (Lipinski definition) is 2. The van der Waals surface area contributed by atoms with Crippen molar-refractivity contribution in [1.82, 2.24) is 4.90 Å². The minimum Gasteiger partial charge on any atom is -0.493 e. The Morgan fingerprint density at radius 1 is 1.33 bits per heavy atom. The van der Waals surface area contributed by atoms with E-state index in [0.29, 0.717) is 6.61 Å². The van der Waals surface area contributed by atoms with Gasteiger partial charge in [-0.05, 0) is 6.07 Å². The second-order valence-corrected chi connectivity index (χ2v) is 5.86. The zero-order valence-corrected chi connectivity index (χ0v) is 11.6. The van der Waals surface area contributed by atoms with E-state index in [9.17, 15) is 4.79 Å². The Kier molecular flexibility index (Phi) is 3.33. The number of ether oxygens (including phenoxy) is 1. The lowest BCUT2D eigenvalue weighted by molar-refractivity contribution is -0.141. The minimum absolute atomic E-state index is 0.127. The van der Waals surface area contributed by atoms with Crippen LogP contribution in [0.4, 0.5) is 0 Å². The van der Waals surface area contributed by atoms with Crippen molar-refractivity contribution in [3.05, 3.63) is 29.8 Å². The van der Waals surface area contributed by atoms with E-state index >= 15 is 0 Å². The molecule has 0 aromatic heterocycles. The number of hydrogen-bond donors (Lipinski definition) is 0. The molecule has 3 nitrogen and oxygen atoms in total. The Bertz CT molecular complexity index is 448. The summed E-state index contributed by atoms with van der Waals surface area (Å²) >= 11 is 0. The van der Waals surface area contributed by atoms with Crippen molar-refractivity contribution in [3.8, 4) is 5.75 Å². The summed E-state index contributed by atoms with van der Waals surface area (Å²) in [5, 5.41) is 0. The lowest BCUT2D eigenvalue weighted by Gasteiger charge is -2.36. The van der Waals surface area contributed by atoms with Gasteiger partial charge in [0.05, 0.1) is 12.6 Å². The van der Waals surface area contributed by atoms with E-state index in [-0.39, 0.29) is 17.4 Å². The quantitative estimate of drug-likeness (QED) is 0.763. The first-order chi connectivity index (χ1) is 8.41. The van der Waals surface area contributed by atoms with Gasteiger partial charge in [-0.1, -0.05) is 39.0 Å². The molecule has 1 unspecified atom stereocenters. The van der Waals surface area contributed by atoms with Gasteiger partial charge in [0.2, 0.25) is 5.91 Å². The molecule has 18 heavy (non-hydrogen) atoms. The average molecular weight is 247 g/mol. The molecule has 98 valence electrons. The summed E-state index contributed by atoms with van der Waals surface area (Å²) in [5.41, 5.74) is 0.769. The van der Waals surface area contributed by atoms with Crippen LogP contribution in [0.5, 0.6) is 5.75 Å². The van der Waals surface area contributed by atoms with E-state index in [1.807, 2.05) is 57.0 Å². The zero-order chi connectivity index (χ0) is 13.3. The topological polar surface area (TPSA) is 29.5 Å². The van der Waals surface area contributed by atoms with E-state index in [1.54, 1.807) is 0 Å². The molecule has 0 aliphatic carbocycles. The molecular formula is C15H21NO2. The number of rotatable bonds is 1. The largest absolute Gasteiger partial charge is 0.493 e. The van der Waals surface area contributed by atoms with Crippen molar-refractivity contribution in [2.45, 2.75) is 33.2 Å². The molecule has 0 bridgehead atoms. The number of benzene rings is 1. The highest BCUT2D eigenvalue weighted by Crippen LogP contribution is 2.36. The first kappa shape index (κ1) is 12.9. The second-order valence-electron chi connectivity index (χ2n) is 5.86. The highest BCUT2D eigenvalue weighted by Gasteiger charge is 2.32. The third kappa shape index (κ3) is 2.35. The Hall–Kier alpha value is -1.51. The van der Waals surface area contributed by atoms with Crippen LogP contribution in [0, 0.1) is 5.41 Å². The van der Waals surface area contributed by atoms with Gasteiger partial charge in [-0.2, -0.15) is 0 Å². The molecule has 1 heterocycles. The number of fused-ring (bicyclic) bond motifs is 1. The first-order valence-electron chi connectivity index (χ1n) is 6.40. The summed E-state index contributed by atoms with van der Waals surface area (Å²) in [6, 6.07) is 8.10. The van der Waals surface area contributed by atoms with Crippen LogP contribution in [0.15, 0.2) is 24.3 Å². The van der Waals surface area contributed by atoms with Gasteiger partial charge in [0.15, 0.2) is 0 Å². The summed E-state index contributed by atoms with van der Waals surface area (Å²) < 4.78 is 5.63. The molecule has 1 atom stereocenters. The van der Waals surface area contributed by atoms with Gasteiger partial charge >= 0.3 is 0 Å². The number of carbonyl (C=O) groups excluding carboxylic acids is 1. The van der Waals surface area contributed by atoms with Gasteiger partial charge in [-0.25, -0.2) is 0 Å². The fourth-order valence-corrected chi connectivity index (χ4v) is 2.40. The van der Waals surface area contributed by atoms with Crippen molar-refractivity contribution in [2.75, 3.05) is 13.7 Å². The third-order valence-electron chi connectivity index (χ3n) is 3.36. The van der Waals surface area contributed by atoms with Crippen LogP contribution in [-0.2, 0) is 4.79 Å². The molecular weight excluding hydrogens is 226 g/mol. The SMILES string of the molecule is CN(C(=O)C(C)(C)C)C1CCOc2ccccc21. The molecule has 1 aliphatic heterocycles. The van der Waals surface area contributed by atoms with E-state index in [2.05, 4.69) is 0 Å². The smallest absolute Gasteiger partial charge is 0.228 e. The molecule has 0 N–H and O–H groups in total. The molecule has 1 amide bonds. The molecule has 1 aromatic carbocycles. The third-order valence-corrected chi connectivity index (χ3v) is 3.36. The van der Waals surface area contributed by atoms with E-state index in [4.69, 9.17) is 4.74 Å². The summed E-state index contributed by atoms with van der Waals surface area (Å²) in [5.74, 6) is 1.08. The van der Waals surface area contributed by atoms with E-state index < -0.39 is 0 Å². The highest BCUT2D eigenvalue weighted by atomic mass is 16.5. The predicted molar refractivity (Wildman–Crippen MR) is 71.5 cm³/mol. The van der Waals surface area contributed by atoms with Gasteiger partial charge < -0.3 is 9.64 Å². The van der Waals surface area contributed by atoms with Crippen LogP contribution in [0.1, 0.15) is 38.8 Å². The normalized spacial score (nSPS) is 18.8. The molecule has 0 radical (unpaired) electrons. The van der Waals surface area contributed by atoms with Crippen LogP contribution in [0.3, 0.4) is 0 Å². The zero-order valence-electron chi connectivity index (χ0n) is 11.6. The molecule has 1 aromatic rings. The van der Waals surface area contributed by atoms with Gasteiger partial charge in [0.1, 0.15) is 5.75 Å². The van der Waals surface area contributed by atoms with Crippen molar-refractivity contribution < 1.29 is 9.53 Å². The van der Waals surface area contributed by atoms with Crippen molar-refractivity contribution >= 4 is 5.91 Å². The molecule has 0 saturated heterocycles. The second kappa shape index (κ2) is 4.63. The van der Waals surface area contributed by atoms with E-state index in [1.165, 1.54) is 0 Å². The molecule has 1 aliphatic rings. The molecule has 2 rings (SSSR count). The maximum Gasteiger partial charge on any atom is 0.228 e. The average Bonchev–Trinajstić information content (AvgIpc) is 2.35. The summed E-state index contributed by atoms with van der Waals surface area (Å²) in [4.78, 5) is 14.2. The standard InChI is InChI=1S/C15H21NO2/c1-15(2,3)14(17)16(4)12-9-10-18-13-8-6-5-7-11(12)13/h5-8,12H,9-10H2,1-4H3. The van der Waals surface area contributed by atoms with Crippen LogP contribution < -0.4 is 4.74 Å². The Morgan fingerprint density at radius 3 is 2.67 bits per heavy atom. The van der Waals surface area contributed by atoms with Crippen LogP contribution in [0.25, 0.3) is 0 Å². The van der Waals surface area contributed by atoms with Crippen LogP contribution in [0.2, 0.25) is 0 Å². The lowest BCUT2D eigenvalue weighted by Crippen LogP contribution is -2.40. The Balaban J connectivity index is 2.28. The van der Waals surface area contributed by atoms with E-state index in [0.717, 1.165) is 17.7 Å². The number of carbonyl (C=O) groups is 1. The van der Waals surface area contributed by atoms with Gasteiger partial charge in [-0.15, -0.1) is 0 Å². The van der Waals surface area contributed by atoms with Crippen molar-refractivity contribution in [3.63, 3.8) is 0 Å².